The fraction of sp³-hybridized carbons (Fsp3) is 0.562. The minimum absolute atomic E-state index is 0.260. The van der Waals surface area contributed by atoms with Gasteiger partial charge in [0.25, 0.3) is 0 Å². The SMILES string of the molecule is CCCn1c(-c2ccncc2)nn(CN2CCOC(C)C2)c1=S. The van der Waals surface area contributed by atoms with E-state index in [1.807, 2.05) is 16.8 Å². The van der Waals surface area contributed by atoms with Gasteiger partial charge in [0.15, 0.2) is 10.6 Å². The molecular weight excluding hydrogens is 310 g/mol. The van der Waals surface area contributed by atoms with Gasteiger partial charge in [-0.1, -0.05) is 6.92 Å². The molecule has 3 heterocycles. The molecule has 3 rings (SSSR count). The van der Waals surface area contributed by atoms with Crippen LogP contribution < -0.4 is 0 Å². The second kappa shape index (κ2) is 7.33. The second-order valence-corrected chi connectivity index (χ2v) is 6.26. The average Bonchev–Trinajstić information content (AvgIpc) is 2.86. The monoisotopic (exact) mass is 333 g/mol. The zero-order chi connectivity index (χ0) is 16.2. The lowest BCUT2D eigenvalue weighted by atomic mass is 10.2. The van der Waals surface area contributed by atoms with E-state index in [4.69, 9.17) is 22.1 Å². The van der Waals surface area contributed by atoms with Crippen LogP contribution in [0.2, 0.25) is 0 Å². The summed E-state index contributed by atoms with van der Waals surface area (Å²) in [7, 11) is 0. The van der Waals surface area contributed by atoms with Gasteiger partial charge in [-0.05, 0) is 37.7 Å². The number of ether oxygens (including phenoxy) is 1. The van der Waals surface area contributed by atoms with Gasteiger partial charge < -0.3 is 4.74 Å². The van der Waals surface area contributed by atoms with Crippen molar-refractivity contribution in [2.24, 2.45) is 0 Å². The number of nitrogens with zero attached hydrogens (tertiary/aromatic N) is 5. The highest BCUT2D eigenvalue weighted by Crippen LogP contribution is 2.18. The molecule has 0 saturated carbocycles. The van der Waals surface area contributed by atoms with Crippen molar-refractivity contribution < 1.29 is 4.74 Å². The molecule has 2 aromatic rings. The molecule has 2 aromatic heterocycles. The van der Waals surface area contributed by atoms with Gasteiger partial charge in [0.1, 0.15) is 0 Å². The van der Waals surface area contributed by atoms with Gasteiger partial charge in [-0.3, -0.25) is 14.5 Å². The van der Waals surface area contributed by atoms with E-state index in [1.54, 1.807) is 12.4 Å². The van der Waals surface area contributed by atoms with Crippen molar-refractivity contribution >= 4 is 12.2 Å². The quantitative estimate of drug-likeness (QED) is 0.787. The third-order valence-electron chi connectivity index (χ3n) is 3.97. The van der Waals surface area contributed by atoms with Gasteiger partial charge in [-0.15, -0.1) is 0 Å². The molecule has 0 spiro atoms. The average molecular weight is 333 g/mol. The standard InChI is InChI=1S/C16H23N5OS/c1-3-8-20-15(14-4-6-17-7-5-14)18-21(16(20)23)12-19-9-10-22-13(2)11-19/h4-7,13H,3,8-12H2,1-2H3. The van der Waals surface area contributed by atoms with Gasteiger partial charge in [0.05, 0.1) is 19.4 Å². The number of aromatic nitrogens is 4. The lowest BCUT2D eigenvalue weighted by Crippen LogP contribution is -2.42. The van der Waals surface area contributed by atoms with Crippen LogP contribution in [0, 0.1) is 4.77 Å². The maximum atomic E-state index is 5.67. The van der Waals surface area contributed by atoms with E-state index >= 15 is 0 Å². The van der Waals surface area contributed by atoms with E-state index in [9.17, 15) is 0 Å². The summed E-state index contributed by atoms with van der Waals surface area (Å²) in [6.07, 6.45) is 4.86. The maximum absolute atomic E-state index is 5.67. The molecule has 0 N–H and O–H groups in total. The lowest BCUT2D eigenvalue weighted by Gasteiger charge is -2.30. The third kappa shape index (κ3) is 3.68. The molecule has 23 heavy (non-hydrogen) atoms. The zero-order valence-electron chi connectivity index (χ0n) is 13.7. The van der Waals surface area contributed by atoms with Crippen molar-refractivity contribution in [1.29, 1.82) is 0 Å². The summed E-state index contributed by atoms with van der Waals surface area (Å²) >= 11 is 5.67. The summed E-state index contributed by atoms with van der Waals surface area (Å²) in [5.74, 6) is 0.917. The van der Waals surface area contributed by atoms with Gasteiger partial charge in [0.2, 0.25) is 0 Å². The zero-order valence-corrected chi connectivity index (χ0v) is 14.5. The van der Waals surface area contributed by atoms with Crippen LogP contribution in [0.5, 0.6) is 0 Å². The first kappa shape index (κ1) is 16.3. The molecule has 1 aliphatic heterocycles. The summed E-state index contributed by atoms with van der Waals surface area (Å²) in [5.41, 5.74) is 1.05. The minimum atomic E-state index is 0.260. The van der Waals surface area contributed by atoms with E-state index in [0.717, 1.165) is 48.8 Å². The van der Waals surface area contributed by atoms with Crippen LogP contribution in [-0.4, -0.2) is 50.0 Å². The molecule has 1 aliphatic rings. The van der Waals surface area contributed by atoms with Gasteiger partial charge >= 0.3 is 0 Å². The predicted molar refractivity (Wildman–Crippen MR) is 91.6 cm³/mol. The summed E-state index contributed by atoms with van der Waals surface area (Å²) in [5, 5.41) is 4.78. The van der Waals surface area contributed by atoms with Gasteiger partial charge in [0, 0.05) is 37.6 Å². The highest BCUT2D eigenvalue weighted by molar-refractivity contribution is 7.71. The lowest BCUT2D eigenvalue weighted by molar-refractivity contribution is -0.0307. The highest BCUT2D eigenvalue weighted by atomic mass is 32.1. The van der Waals surface area contributed by atoms with Crippen LogP contribution in [0.1, 0.15) is 20.3 Å². The van der Waals surface area contributed by atoms with Crippen LogP contribution >= 0.6 is 12.2 Å². The molecule has 1 saturated heterocycles. The maximum Gasteiger partial charge on any atom is 0.199 e. The Balaban J connectivity index is 1.90. The van der Waals surface area contributed by atoms with Crippen LogP contribution in [0.15, 0.2) is 24.5 Å². The highest BCUT2D eigenvalue weighted by Gasteiger charge is 2.19. The molecular formula is C16H23N5OS. The minimum Gasteiger partial charge on any atom is -0.376 e. The van der Waals surface area contributed by atoms with Crippen molar-refractivity contribution in [2.45, 2.75) is 39.6 Å². The molecule has 124 valence electrons. The Bertz CT molecular complexity index is 696. The summed E-state index contributed by atoms with van der Waals surface area (Å²) in [4.78, 5) is 6.42. The summed E-state index contributed by atoms with van der Waals surface area (Å²) in [6.45, 7) is 8.42. The molecule has 0 aromatic carbocycles. The Kier molecular flexibility index (Phi) is 5.20. The summed E-state index contributed by atoms with van der Waals surface area (Å²) < 4.78 is 10.4. The van der Waals surface area contributed by atoms with E-state index in [1.165, 1.54) is 0 Å². The first-order valence-corrected chi connectivity index (χ1v) is 8.52. The molecule has 7 heteroatoms. The fourth-order valence-corrected chi connectivity index (χ4v) is 3.16. The molecule has 1 unspecified atom stereocenters. The number of pyridine rings is 1. The topological polar surface area (TPSA) is 48.1 Å². The Hall–Kier alpha value is -1.57. The molecule has 0 aliphatic carbocycles. The molecule has 1 fully saturated rings. The largest absolute Gasteiger partial charge is 0.376 e. The van der Waals surface area contributed by atoms with E-state index in [-0.39, 0.29) is 6.10 Å². The number of hydrogen-bond donors (Lipinski definition) is 0. The molecule has 0 bridgehead atoms. The third-order valence-corrected chi connectivity index (χ3v) is 4.40. The van der Waals surface area contributed by atoms with E-state index < -0.39 is 0 Å². The molecule has 0 amide bonds. The summed E-state index contributed by atoms with van der Waals surface area (Å²) in [6, 6.07) is 3.95. The number of rotatable bonds is 5. The smallest absolute Gasteiger partial charge is 0.199 e. The van der Waals surface area contributed by atoms with Crippen molar-refractivity contribution in [3.63, 3.8) is 0 Å². The predicted octanol–water partition coefficient (Wildman–Crippen LogP) is 2.56. The number of morpholine rings is 1. The van der Waals surface area contributed by atoms with E-state index in [2.05, 4.69) is 28.3 Å². The molecule has 6 nitrogen and oxygen atoms in total. The molecule has 0 radical (unpaired) electrons. The normalized spacial score (nSPS) is 19.1. The first-order valence-electron chi connectivity index (χ1n) is 8.11. The molecule has 1 atom stereocenters. The Morgan fingerprint density at radius 2 is 2.13 bits per heavy atom. The van der Waals surface area contributed by atoms with Gasteiger partial charge in [-0.2, -0.15) is 5.10 Å². The van der Waals surface area contributed by atoms with Gasteiger partial charge in [-0.25, -0.2) is 4.68 Å². The van der Waals surface area contributed by atoms with Crippen LogP contribution in [0.3, 0.4) is 0 Å². The fourth-order valence-electron chi connectivity index (χ4n) is 2.88. The first-order chi connectivity index (χ1) is 11.2. The Morgan fingerprint density at radius 3 is 2.83 bits per heavy atom. The van der Waals surface area contributed by atoms with Crippen LogP contribution in [0.25, 0.3) is 11.4 Å². The van der Waals surface area contributed by atoms with Crippen molar-refractivity contribution in [3.05, 3.63) is 29.3 Å². The van der Waals surface area contributed by atoms with Crippen LogP contribution in [0.4, 0.5) is 0 Å². The number of hydrogen-bond acceptors (Lipinski definition) is 5. The second-order valence-electron chi connectivity index (χ2n) is 5.89. The Labute approximate surface area is 141 Å². The van der Waals surface area contributed by atoms with Crippen molar-refractivity contribution in [1.82, 2.24) is 24.2 Å². The van der Waals surface area contributed by atoms with E-state index in [0.29, 0.717) is 6.67 Å². The van der Waals surface area contributed by atoms with Crippen molar-refractivity contribution in [2.75, 3.05) is 19.7 Å². The van der Waals surface area contributed by atoms with Crippen molar-refractivity contribution in [3.8, 4) is 11.4 Å². The van der Waals surface area contributed by atoms with Crippen LogP contribution in [-0.2, 0) is 18.0 Å². The Morgan fingerprint density at radius 1 is 1.35 bits per heavy atom.